The van der Waals surface area contributed by atoms with Crippen molar-refractivity contribution < 1.29 is 9.94 Å². The number of nitrogens with zero attached hydrogens (tertiary/aromatic N) is 2. The van der Waals surface area contributed by atoms with Gasteiger partial charge in [-0.1, -0.05) is 22.8 Å². The molecule has 1 aromatic carbocycles. The lowest BCUT2D eigenvalue weighted by Gasteiger charge is -2.09. The van der Waals surface area contributed by atoms with Crippen molar-refractivity contribution in [1.29, 1.82) is 0 Å². The summed E-state index contributed by atoms with van der Waals surface area (Å²) in [6.45, 7) is 3.73. The lowest BCUT2D eigenvalue weighted by molar-refractivity contribution is 0.318. The molecule has 0 saturated carbocycles. The smallest absolute Gasteiger partial charge is 0.220 e. The van der Waals surface area contributed by atoms with E-state index in [1.165, 1.54) is 0 Å². The molecule has 0 saturated heterocycles. The molecule has 2 rings (SSSR count). The molecule has 0 radical (unpaired) electrons. The highest BCUT2D eigenvalue weighted by Gasteiger charge is 2.08. The second-order valence-electron chi connectivity index (χ2n) is 4.36. The molecule has 5 nitrogen and oxygen atoms in total. The molecule has 3 N–H and O–H groups in total. The Morgan fingerprint density at radius 2 is 2.05 bits per heavy atom. The van der Waals surface area contributed by atoms with Gasteiger partial charge in [-0.2, -0.15) is 0 Å². The number of aryl methyl sites for hydroxylation is 2. The van der Waals surface area contributed by atoms with E-state index in [1.54, 1.807) is 25.1 Å². The Kier molecular flexibility index (Phi) is 4.10. The number of oxime groups is 1. The van der Waals surface area contributed by atoms with Crippen LogP contribution in [0, 0.1) is 13.8 Å². The van der Waals surface area contributed by atoms with E-state index in [4.69, 9.17) is 27.3 Å². The highest BCUT2D eigenvalue weighted by molar-refractivity contribution is 6.32. The number of amidine groups is 1. The summed E-state index contributed by atoms with van der Waals surface area (Å²) >= 11 is 6.07. The van der Waals surface area contributed by atoms with E-state index in [1.807, 2.05) is 19.1 Å². The molecule has 0 spiro atoms. The highest BCUT2D eigenvalue weighted by atomic mass is 35.5. The summed E-state index contributed by atoms with van der Waals surface area (Å²) in [6, 6.07) is 8.74. The molecule has 0 bridgehead atoms. The molecule has 0 amide bonds. The molecule has 2 aromatic rings. The maximum Gasteiger partial charge on any atom is 0.220 e. The molecule has 20 heavy (non-hydrogen) atoms. The third kappa shape index (κ3) is 3.19. The van der Waals surface area contributed by atoms with Crippen LogP contribution in [0.2, 0.25) is 5.02 Å². The number of hydrogen-bond acceptors (Lipinski definition) is 4. The maximum atomic E-state index is 8.72. The Morgan fingerprint density at radius 1 is 1.30 bits per heavy atom. The highest BCUT2D eigenvalue weighted by Crippen LogP contribution is 2.29. The Morgan fingerprint density at radius 3 is 2.75 bits per heavy atom. The van der Waals surface area contributed by atoms with Crippen LogP contribution in [0.15, 0.2) is 35.5 Å². The number of rotatable bonds is 3. The predicted molar refractivity (Wildman–Crippen MR) is 77.7 cm³/mol. The SMILES string of the molecule is Cc1ccc(Cl)c(Oc2cc(/C(N)=N/O)cc(C)n2)c1. The van der Waals surface area contributed by atoms with Gasteiger partial charge >= 0.3 is 0 Å². The Bertz CT molecular complexity index is 671. The zero-order chi connectivity index (χ0) is 14.7. The van der Waals surface area contributed by atoms with Crippen LogP contribution in [0.1, 0.15) is 16.8 Å². The number of ether oxygens (including phenoxy) is 1. The van der Waals surface area contributed by atoms with Gasteiger partial charge < -0.3 is 15.7 Å². The Hall–Kier alpha value is -2.27. The van der Waals surface area contributed by atoms with E-state index in [0.717, 1.165) is 5.56 Å². The van der Waals surface area contributed by atoms with Crippen molar-refractivity contribution in [3.63, 3.8) is 0 Å². The summed E-state index contributed by atoms with van der Waals surface area (Å²) in [6.07, 6.45) is 0. The van der Waals surface area contributed by atoms with Crippen molar-refractivity contribution in [3.05, 3.63) is 52.2 Å². The second-order valence-corrected chi connectivity index (χ2v) is 4.76. The van der Waals surface area contributed by atoms with Crippen molar-refractivity contribution in [1.82, 2.24) is 4.98 Å². The van der Waals surface area contributed by atoms with Gasteiger partial charge in [0, 0.05) is 17.3 Å². The summed E-state index contributed by atoms with van der Waals surface area (Å²) in [4.78, 5) is 4.24. The Labute approximate surface area is 121 Å². The third-order valence-corrected chi connectivity index (χ3v) is 2.95. The van der Waals surface area contributed by atoms with Gasteiger partial charge in [-0.05, 0) is 37.6 Å². The van der Waals surface area contributed by atoms with E-state index >= 15 is 0 Å². The van der Waals surface area contributed by atoms with Gasteiger partial charge in [-0.15, -0.1) is 0 Å². The molecule has 1 aromatic heterocycles. The van der Waals surface area contributed by atoms with Crippen LogP contribution in [-0.2, 0) is 0 Å². The van der Waals surface area contributed by atoms with E-state index in [0.29, 0.717) is 27.9 Å². The predicted octanol–water partition coefficient (Wildman–Crippen LogP) is 3.24. The minimum atomic E-state index is -0.00399. The molecule has 0 atom stereocenters. The largest absolute Gasteiger partial charge is 0.437 e. The van der Waals surface area contributed by atoms with Crippen LogP contribution in [0.3, 0.4) is 0 Å². The molecular weight excluding hydrogens is 278 g/mol. The molecule has 1 heterocycles. The number of nitrogens with two attached hydrogens (primary N) is 1. The first kappa shape index (κ1) is 14.1. The first-order chi connectivity index (χ1) is 9.49. The summed E-state index contributed by atoms with van der Waals surface area (Å²) in [5.41, 5.74) is 7.81. The molecule has 104 valence electrons. The third-order valence-electron chi connectivity index (χ3n) is 2.63. The van der Waals surface area contributed by atoms with E-state index in [2.05, 4.69) is 10.1 Å². The molecule has 0 fully saturated rings. The van der Waals surface area contributed by atoms with Crippen LogP contribution in [-0.4, -0.2) is 16.0 Å². The van der Waals surface area contributed by atoms with Gasteiger partial charge in [0.15, 0.2) is 5.84 Å². The van der Waals surface area contributed by atoms with Gasteiger partial charge in [0.2, 0.25) is 5.88 Å². The molecule has 0 aliphatic rings. The Balaban J connectivity index is 2.38. The molecular formula is C14H14ClN3O2. The maximum absolute atomic E-state index is 8.72. The van der Waals surface area contributed by atoms with Crippen molar-refractivity contribution in [2.24, 2.45) is 10.9 Å². The fourth-order valence-corrected chi connectivity index (χ4v) is 1.85. The summed E-state index contributed by atoms with van der Waals surface area (Å²) in [7, 11) is 0. The fourth-order valence-electron chi connectivity index (χ4n) is 1.70. The van der Waals surface area contributed by atoms with Crippen LogP contribution >= 0.6 is 11.6 Å². The minimum Gasteiger partial charge on any atom is -0.437 e. The van der Waals surface area contributed by atoms with Gasteiger partial charge in [0.05, 0.1) is 5.02 Å². The summed E-state index contributed by atoms with van der Waals surface area (Å²) in [5, 5.41) is 12.2. The van der Waals surface area contributed by atoms with E-state index < -0.39 is 0 Å². The van der Waals surface area contributed by atoms with Crippen LogP contribution in [0.5, 0.6) is 11.6 Å². The topological polar surface area (TPSA) is 80.7 Å². The monoisotopic (exact) mass is 291 g/mol. The van der Waals surface area contributed by atoms with Crippen molar-refractivity contribution in [2.75, 3.05) is 0 Å². The molecule has 0 aliphatic heterocycles. The van der Waals surface area contributed by atoms with Crippen molar-refractivity contribution in [2.45, 2.75) is 13.8 Å². The first-order valence-corrected chi connectivity index (χ1v) is 6.28. The average Bonchev–Trinajstić information content (AvgIpc) is 2.41. The number of pyridine rings is 1. The quantitative estimate of drug-likeness (QED) is 0.394. The van der Waals surface area contributed by atoms with Crippen molar-refractivity contribution in [3.8, 4) is 11.6 Å². The van der Waals surface area contributed by atoms with Crippen LogP contribution in [0.25, 0.3) is 0 Å². The fraction of sp³-hybridized carbons (Fsp3) is 0.143. The van der Waals surface area contributed by atoms with Crippen LogP contribution < -0.4 is 10.5 Å². The van der Waals surface area contributed by atoms with Gasteiger partial charge in [-0.3, -0.25) is 0 Å². The normalized spacial score (nSPS) is 11.4. The number of aromatic nitrogens is 1. The van der Waals surface area contributed by atoms with Crippen LogP contribution in [0.4, 0.5) is 0 Å². The lowest BCUT2D eigenvalue weighted by atomic mass is 10.2. The van der Waals surface area contributed by atoms with E-state index in [-0.39, 0.29) is 5.84 Å². The zero-order valence-corrected chi connectivity index (χ0v) is 11.8. The summed E-state index contributed by atoms with van der Waals surface area (Å²) < 4.78 is 5.67. The molecule has 0 aliphatic carbocycles. The van der Waals surface area contributed by atoms with Gasteiger partial charge in [-0.25, -0.2) is 4.98 Å². The van der Waals surface area contributed by atoms with Gasteiger partial charge in [0.25, 0.3) is 0 Å². The molecule has 0 unspecified atom stereocenters. The number of halogens is 1. The van der Waals surface area contributed by atoms with Crippen molar-refractivity contribution >= 4 is 17.4 Å². The minimum absolute atomic E-state index is 0.00399. The summed E-state index contributed by atoms with van der Waals surface area (Å²) in [5.74, 6) is 0.838. The van der Waals surface area contributed by atoms with Gasteiger partial charge in [0.1, 0.15) is 5.75 Å². The second kappa shape index (κ2) is 5.79. The zero-order valence-electron chi connectivity index (χ0n) is 11.1. The first-order valence-electron chi connectivity index (χ1n) is 5.90. The molecule has 6 heteroatoms. The lowest BCUT2D eigenvalue weighted by Crippen LogP contribution is -2.13. The van der Waals surface area contributed by atoms with E-state index in [9.17, 15) is 0 Å². The number of benzene rings is 1. The standard InChI is InChI=1S/C14H14ClN3O2/c1-8-3-4-11(15)12(5-8)20-13-7-10(14(16)18-19)6-9(2)17-13/h3-7,19H,1-2H3,(H2,16,18). The number of hydrogen-bond donors (Lipinski definition) is 2. The average molecular weight is 292 g/mol.